The molecule has 7 heteroatoms. The summed E-state index contributed by atoms with van der Waals surface area (Å²) in [7, 11) is 0. The maximum Gasteiger partial charge on any atom is 0.350 e. The molecule has 0 aromatic carbocycles. The smallest absolute Gasteiger partial charge is 0.350 e. The van der Waals surface area contributed by atoms with E-state index in [1.54, 1.807) is 18.7 Å². The number of aromatic nitrogens is 1. The first-order valence-electron chi connectivity index (χ1n) is 8.17. The molecule has 2 fully saturated rings. The van der Waals surface area contributed by atoms with Gasteiger partial charge in [-0.15, -0.1) is 0 Å². The number of rotatable bonds is 6. The summed E-state index contributed by atoms with van der Waals surface area (Å²) >= 11 is 1.24. The first-order valence-corrected chi connectivity index (χ1v) is 8.99. The van der Waals surface area contributed by atoms with Crippen LogP contribution >= 0.6 is 11.3 Å². The second kappa shape index (κ2) is 6.97. The number of esters is 1. The van der Waals surface area contributed by atoms with Gasteiger partial charge in [0.15, 0.2) is 5.13 Å². The highest BCUT2D eigenvalue weighted by Gasteiger charge is 2.37. The maximum atomic E-state index is 12.6. The minimum Gasteiger partial charge on any atom is -0.462 e. The molecule has 1 saturated carbocycles. The first-order chi connectivity index (χ1) is 11.1. The topological polar surface area (TPSA) is 68.7 Å². The average molecular weight is 338 g/mol. The summed E-state index contributed by atoms with van der Waals surface area (Å²) in [6.07, 6.45) is 3.93. The predicted molar refractivity (Wildman–Crippen MR) is 86.9 cm³/mol. The van der Waals surface area contributed by atoms with Gasteiger partial charge in [-0.2, -0.15) is 0 Å². The fourth-order valence-corrected chi connectivity index (χ4v) is 3.66. The number of amides is 1. The molecule has 1 aromatic rings. The summed E-state index contributed by atoms with van der Waals surface area (Å²) in [4.78, 5) is 31.3. The summed E-state index contributed by atoms with van der Waals surface area (Å²) in [5, 5.41) is 0.581. The Morgan fingerprint density at radius 3 is 2.78 bits per heavy atom. The number of aryl methyl sites for hydroxylation is 1. The van der Waals surface area contributed by atoms with E-state index in [-0.39, 0.29) is 23.9 Å². The minimum atomic E-state index is -0.371. The Morgan fingerprint density at radius 2 is 2.17 bits per heavy atom. The van der Waals surface area contributed by atoms with Crippen LogP contribution in [0, 0.1) is 12.8 Å². The Hall–Kier alpha value is -1.47. The van der Waals surface area contributed by atoms with Crippen LogP contribution in [0.4, 0.5) is 5.13 Å². The van der Waals surface area contributed by atoms with Gasteiger partial charge in [-0.1, -0.05) is 11.3 Å². The Labute approximate surface area is 139 Å². The molecule has 3 rings (SSSR count). The molecule has 1 amide bonds. The maximum absolute atomic E-state index is 12.6. The standard InChI is InChI=1S/C16H22N2O4S/c1-3-21-15(20)13-10(2)17-16(23-13)18(14(19)11-6-7-11)9-12-5-4-8-22-12/h11-12H,3-9H2,1-2H3/t12-/m1/s1. The summed E-state index contributed by atoms with van der Waals surface area (Å²) in [5.41, 5.74) is 0.615. The molecule has 0 N–H and O–H groups in total. The van der Waals surface area contributed by atoms with Gasteiger partial charge in [-0.25, -0.2) is 9.78 Å². The van der Waals surface area contributed by atoms with Crippen LogP contribution in [-0.2, 0) is 14.3 Å². The molecule has 1 aliphatic carbocycles. The second-order valence-electron chi connectivity index (χ2n) is 5.99. The zero-order valence-corrected chi connectivity index (χ0v) is 14.4. The highest BCUT2D eigenvalue weighted by atomic mass is 32.1. The normalized spacial score (nSPS) is 20.5. The molecule has 0 spiro atoms. The van der Waals surface area contributed by atoms with Gasteiger partial charge in [-0.05, 0) is 39.5 Å². The minimum absolute atomic E-state index is 0.0629. The number of thiazole rings is 1. The molecule has 126 valence electrons. The lowest BCUT2D eigenvalue weighted by Crippen LogP contribution is -2.38. The van der Waals surface area contributed by atoms with E-state index < -0.39 is 0 Å². The van der Waals surface area contributed by atoms with Crippen molar-refractivity contribution in [2.75, 3.05) is 24.7 Å². The fraction of sp³-hybridized carbons (Fsp3) is 0.688. The summed E-state index contributed by atoms with van der Waals surface area (Å²) < 4.78 is 10.7. The highest BCUT2D eigenvalue weighted by molar-refractivity contribution is 7.17. The second-order valence-corrected chi connectivity index (χ2v) is 6.97. The summed E-state index contributed by atoms with van der Waals surface area (Å²) in [5.74, 6) is -0.166. The Balaban J connectivity index is 1.81. The van der Waals surface area contributed by atoms with Gasteiger partial charge in [0.25, 0.3) is 0 Å². The molecule has 1 atom stereocenters. The molecule has 2 aliphatic rings. The quantitative estimate of drug-likeness (QED) is 0.746. The number of hydrogen-bond donors (Lipinski definition) is 0. The van der Waals surface area contributed by atoms with Crippen LogP contribution in [-0.4, -0.2) is 42.7 Å². The molecule has 0 unspecified atom stereocenters. The molecule has 2 heterocycles. The van der Waals surface area contributed by atoms with E-state index in [1.165, 1.54) is 11.3 Å². The van der Waals surface area contributed by atoms with Gasteiger partial charge in [0.2, 0.25) is 5.91 Å². The van der Waals surface area contributed by atoms with Crippen molar-refractivity contribution in [1.82, 2.24) is 4.98 Å². The van der Waals surface area contributed by atoms with Crippen molar-refractivity contribution in [2.24, 2.45) is 5.92 Å². The Kier molecular flexibility index (Phi) is 4.96. The van der Waals surface area contributed by atoms with Crippen molar-refractivity contribution in [2.45, 2.75) is 45.6 Å². The molecular formula is C16H22N2O4S. The van der Waals surface area contributed by atoms with Gasteiger partial charge in [0, 0.05) is 12.5 Å². The molecule has 0 bridgehead atoms. The van der Waals surface area contributed by atoms with Crippen LogP contribution in [0.2, 0.25) is 0 Å². The van der Waals surface area contributed by atoms with Crippen molar-refractivity contribution in [3.05, 3.63) is 10.6 Å². The molecule has 1 saturated heterocycles. The zero-order valence-electron chi connectivity index (χ0n) is 13.5. The number of ether oxygens (including phenoxy) is 2. The molecule has 1 aliphatic heterocycles. The van der Waals surface area contributed by atoms with E-state index in [0.717, 1.165) is 32.3 Å². The Bertz CT molecular complexity index is 591. The van der Waals surface area contributed by atoms with Gasteiger partial charge in [0.05, 0.1) is 24.9 Å². The van der Waals surface area contributed by atoms with Crippen LogP contribution in [0.3, 0.4) is 0 Å². The van der Waals surface area contributed by atoms with Crippen molar-refractivity contribution >= 4 is 28.3 Å². The monoisotopic (exact) mass is 338 g/mol. The average Bonchev–Trinajstić information content (AvgIpc) is 3.11. The largest absolute Gasteiger partial charge is 0.462 e. The van der Waals surface area contributed by atoms with Crippen LogP contribution in [0.15, 0.2) is 0 Å². The lowest BCUT2D eigenvalue weighted by molar-refractivity contribution is -0.120. The zero-order chi connectivity index (χ0) is 16.4. The number of anilines is 1. The summed E-state index contributed by atoms with van der Waals surface area (Å²) in [6, 6.07) is 0. The third kappa shape index (κ3) is 3.72. The lowest BCUT2D eigenvalue weighted by Gasteiger charge is -2.23. The molecule has 6 nitrogen and oxygen atoms in total. The third-order valence-corrected chi connectivity index (χ3v) is 5.24. The van der Waals surface area contributed by atoms with E-state index >= 15 is 0 Å². The van der Waals surface area contributed by atoms with Crippen LogP contribution in [0.25, 0.3) is 0 Å². The number of carbonyl (C=O) groups excluding carboxylic acids is 2. The van der Waals surface area contributed by atoms with E-state index in [9.17, 15) is 9.59 Å². The molecule has 0 radical (unpaired) electrons. The van der Waals surface area contributed by atoms with Crippen LogP contribution in [0.5, 0.6) is 0 Å². The number of hydrogen-bond acceptors (Lipinski definition) is 6. The van der Waals surface area contributed by atoms with Gasteiger partial charge in [0.1, 0.15) is 4.88 Å². The third-order valence-electron chi connectivity index (χ3n) is 4.08. The molecule has 23 heavy (non-hydrogen) atoms. The highest BCUT2D eigenvalue weighted by Crippen LogP contribution is 2.35. The van der Waals surface area contributed by atoms with E-state index in [4.69, 9.17) is 9.47 Å². The van der Waals surface area contributed by atoms with Crippen molar-refractivity contribution in [1.29, 1.82) is 0 Å². The van der Waals surface area contributed by atoms with E-state index in [2.05, 4.69) is 4.98 Å². The molecule has 1 aromatic heterocycles. The predicted octanol–water partition coefficient (Wildman–Crippen LogP) is 2.55. The first kappa shape index (κ1) is 16.4. The van der Waals surface area contributed by atoms with Crippen LogP contribution in [0.1, 0.15) is 48.0 Å². The lowest BCUT2D eigenvalue weighted by atomic mass is 10.2. The van der Waals surface area contributed by atoms with Crippen molar-refractivity contribution < 1.29 is 19.1 Å². The van der Waals surface area contributed by atoms with Crippen molar-refractivity contribution in [3.63, 3.8) is 0 Å². The van der Waals surface area contributed by atoms with Crippen molar-refractivity contribution in [3.8, 4) is 0 Å². The number of carbonyl (C=O) groups is 2. The van der Waals surface area contributed by atoms with E-state index in [0.29, 0.717) is 28.9 Å². The SMILES string of the molecule is CCOC(=O)c1sc(N(C[C@H]2CCCO2)C(=O)C2CC2)nc1C. The van der Waals surface area contributed by atoms with Gasteiger partial charge >= 0.3 is 5.97 Å². The number of nitrogens with zero attached hydrogens (tertiary/aromatic N) is 2. The van der Waals surface area contributed by atoms with Gasteiger partial charge in [-0.3, -0.25) is 9.69 Å². The fourth-order valence-electron chi connectivity index (χ4n) is 2.69. The molecular weight excluding hydrogens is 316 g/mol. The van der Waals surface area contributed by atoms with E-state index in [1.807, 2.05) is 0 Å². The van der Waals surface area contributed by atoms with Gasteiger partial charge < -0.3 is 9.47 Å². The Morgan fingerprint density at radius 1 is 1.39 bits per heavy atom. The van der Waals surface area contributed by atoms with Crippen LogP contribution < -0.4 is 4.90 Å². The summed E-state index contributed by atoms with van der Waals surface area (Å²) in [6.45, 7) is 5.14.